The molecule has 0 amide bonds. The lowest BCUT2D eigenvalue weighted by atomic mass is 9.47. The number of rotatable bonds is 2. The second kappa shape index (κ2) is 5.37. The zero-order valence-electron chi connectivity index (χ0n) is 14.8. The fourth-order valence-corrected chi connectivity index (χ4v) is 7.10. The second-order valence-corrected chi connectivity index (χ2v) is 9.12. The average molecular weight is 328 g/mol. The first-order chi connectivity index (χ1) is 11.4. The first-order valence-electron chi connectivity index (χ1n) is 9.63. The molecule has 0 radical (unpaired) electrons. The van der Waals surface area contributed by atoms with Gasteiger partial charge in [-0.15, -0.1) is 0 Å². The molecule has 0 heterocycles. The summed E-state index contributed by atoms with van der Waals surface area (Å²) in [6.45, 7) is 4.56. The van der Waals surface area contributed by atoms with Crippen molar-refractivity contribution in [1.29, 1.82) is 0 Å². The van der Waals surface area contributed by atoms with Crippen LogP contribution in [0.5, 0.6) is 0 Å². The van der Waals surface area contributed by atoms with E-state index < -0.39 is 11.7 Å². The Morgan fingerprint density at radius 1 is 1.21 bits per heavy atom. The van der Waals surface area contributed by atoms with Gasteiger partial charge in [-0.1, -0.05) is 25.5 Å². The highest BCUT2D eigenvalue weighted by molar-refractivity contribution is 6.32. The Labute approximate surface area is 144 Å². The minimum Gasteiger partial charge on any atom is -0.299 e. The Balaban J connectivity index is 1.69. The van der Waals surface area contributed by atoms with Gasteiger partial charge in [0.2, 0.25) is 5.78 Å². The molecule has 24 heavy (non-hydrogen) atoms. The topological polar surface area (TPSA) is 51.2 Å². The molecule has 0 aromatic rings. The van der Waals surface area contributed by atoms with Gasteiger partial charge >= 0.3 is 0 Å². The van der Waals surface area contributed by atoms with Gasteiger partial charge in [0.15, 0.2) is 6.29 Å². The maximum absolute atomic E-state index is 12.6. The molecule has 3 nitrogen and oxygen atoms in total. The predicted molar refractivity (Wildman–Crippen MR) is 91.3 cm³/mol. The molecule has 3 saturated carbocycles. The molecule has 0 aromatic carbocycles. The molecular weight excluding hydrogens is 300 g/mol. The summed E-state index contributed by atoms with van der Waals surface area (Å²) in [5, 5.41) is 0. The highest BCUT2D eigenvalue weighted by Crippen LogP contribution is 2.66. The fourth-order valence-electron chi connectivity index (χ4n) is 7.10. The Morgan fingerprint density at radius 3 is 2.75 bits per heavy atom. The number of carbonyl (C=O) groups is 3. The molecule has 4 aliphatic carbocycles. The van der Waals surface area contributed by atoms with Crippen LogP contribution in [-0.2, 0) is 14.4 Å². The number of hydrogen-bond donors (Lipinski definition) is 0. The van der Waals surface area contributed by atoms with Gasteiger partial charge in [-0.2, -0.15) is 0 Å². The molecule has 6 atom stereocenters. The minimum atomic E-state index is -0.669. The van der Waals surface area contributed by atoms with Crippen LogP contribution in [0.25, 0.3) is 0 Å². The lowest BCUT2D eigenvalue weighted by Crippen LogP contribution is -2.51. The zero-order chi connectivity index (χ0) is 17.1. The van der Waals surface area contributed by atoms with Gasteiger partial charge in [-0.05, 0) is 73.5 Å². The molecule has 0 bridgehead atoms. The molecule has 130 valence electrons. The highest BCUT2D eigenvalue weighted by Gasteiger charge is 2.62. The van der Waals surface area contributed by atoms with Crippen LogP contribution in [0.3, 0.4) is 0 Å². The third kappa shape index (κ3) is 1.99. The fraction of sp³-hybridized carbons (Fsp3) is 0.762. The van der Waals surface area contributed by atoms with Gasteiger partial charge in [0.1, 0.15) is 5.78 Å². The van der Waals surface area contributed by atoms with Crippen LogP contribution >= 0.6 is 0 Å². The van der Waals surface area contributed by atoms with Gasteiger partial charge < -0.3 is 0 Å². The Kier molecular flexibility index (Phi) is 3.63. The maximum atomic E-state index is 12.6. The lowest BCUT2D eigenvalue weighted by molar-refractivity contribution is -0.141. The van der Waals surface area contributed by atoms with E-state index in [1.54, 1.807) is 5.57 Å². The summed E-state index contributed by atoms with van der Waals surface area (Å²) in [5.41, 5.74) is 1.67. The Morgan fingerprint density at radius 2 is 2.00 bits per heavy atom. The van der Waals surface area contributed by atoms with Crippen LogP contribution in [0.2, 0.25) is 0 Å². The average Bonchev–Trinajstić information content (AvgIpc) is 2.84. The molecule has 0 aliphatic heterocycles. The molecule has 0 unspecified atom stereocenters. The van der Waals surface area contributed by atoms with E-state index in [1.165, 1.54) is 19.3 Å². The third-order valence-electron chi connectivity index (χ3n) is 8.27. The summed E-state index contributed by atoms with van der Waals surface area (Å²) in [5.74, 6) is 0.347. The maximum Gasteiger partial charge on any atom is 0.206 e. The summed E-state index contributed by atoms with van der Waals surface area (Å²) >= 11 is 0. The summed E-state index contributed by atoms with van der Waals surface area (Å²) < 4.78 is 0. The molecule has 0 spiro atoms. The van der Waals surface area contributed by atoms with Crippen LogP contribution in [-0.4, -0.2) is 17.9 Å². The van der Waals surface area contributed by atoms with Crippen LogP contribution < -0.4 is 0 Å². The van der Waals surface area contributed by atoms with Crippen LogP contribution in [0, 0.1) is 34.5 Å². The Bertz CT molecular complexity index is 633. The normalized spacial score (nSPS) is 47.2. The number of ketones is 2. The van der Waals surface area contributed by atoms with E-state index in [0.717, 1.165) is 25.7 Å². The zero-order valence-corrected chi connectivity index (χ0v) is 14.8. The quantitative estimate of drug-likeness (QED) is 0.334. The number of fused-ring (bicyclic) bond motifs is 5. The van der Waals surface area contributed by atoms with Gasteiger partial charge in [-0.25, -0.2) is 0 Å². The van der Waals surface area contributed by atoms with E-state index in [0.29, 0.717) is 30.0 Å². The number of allylic oxidation sites excluding steroid dienone is 2. The second-order valence-electron chi connectivity index (χ2n) is 9.12. The summed E-state index contributed by atoms with van der Waals surface area (Å²) in [6.07, 6.45) is 11.5. The Hall–Kier alpha value is -1.25. The van der Waals surface area contributed by atoms with E-state index in [1.807, 2.05) is 0 Å². The van der Waals surface area contributed by atoms with Crippen molar-refractivity contribution in [1.82, 2.24) is 0 Å². The highest BCUT2D eigenvalue weighted by atomic mass is 16.2. The number of Topliss-reactive ketones (excluding diaryl/α,β-unsaturated/α-hetero) is 2. The number of aldehydes is 1. The summed E-state index contributed by atoms with van der Waals surface area (Å²) in [6, 6.07) is 0. The SMILES string of the molecule is C[C@]12CC[C@H]3[C@@H](CCC4=CCCC[C@@]43C)[C@@H]1CC(=O)[C@@H]2C(=O)C=O. The van der Waals surface area contributed by atoms with Gasteiger partial charge in [-0.3, -0.25) is 14.4 Å². The molecule has 3 fully saturated rings. The predicted octanol–water partition coefficient (Wildman–Crippen LogP) is 3.90. The van der Waals surface area contributed by atoms with Crippen molar-refractivity contribution >= 4 is 17.9 Å². The van der Waals surface area contributed by atoms with Crippen LogP contribution in [0.1, 0.15) is 65.2 Å². The number of hydrogen-bond acceptors (Lipinski definition) is 3. The van der Waals surface area contributed by atoms with Gasteiger partial charge in [0, 0.05) is 6.42 Å². The smallest absolute Gasteiger partial charge is 0.206 e. The number of carbonyl (C=O) groups excluding carboxylic acids is 3. The van der Waals surface area contributed by atoms with E-state index in [-0.39, 0.29) is 17.1 Å². The van der Waals surface area contributed by atoms with Crippen molar-refractivity contribution in [2.24, 2.45) is 34.5 Å². The van der Waals surface area contributed by atoms with Gasteiger partial charge in [0.25, 0.3) is 0 Å². The van der Waals surface area contributed by atoms with Crippen molar-refractivity contribution in [2.75, 3.05) is 0 Å². The standard InChI is InChI=1S/C21H28O3/c1-20-9-4-3-5-13(20)6-7-14-15(20)8-10-21(2)16(14)11-17(23)19(21)18(24)12-22/h5,12,14-16,19H,3-4,6-11H2,1-2H3/t14-,15+,16+,19-,20+,21+/m1/s1. The van der Waals surface area contributed by atoms with Crippen molar-refractivity contribution < 1.29 is 14.4 Å². The minimum absolute atomic E-state index is 0.0235. The first-order valence-corrected chi connectivity index (χ1v) is 9.63. The van der Waals surface area contributed by atoms with Crippen molar-refractivity contribution in [3.8, 4) is 0 Å². The van der Waals surface area contributed by atoms with Crippen molar-refractivity contribution in [3.63, 3.8) is 0 Å². The molecule has 3 heteroatoms. The van der Waals surface area contributed by atoms with E-state index >= 15 is 0 Å². The van der Waals surface area contributed by atoms with Crippen molar-refractivity contribution in [2.45, 2.75) is 65.2 Å². The van der Waals surface area contributed by atoms with Crippen LogP contribution in [0.15, 0.2) is 11.6 Å². The van der Waals surface area contributed by atoms with Crippen molar-refractivity contribution in [3.05, 3.63) is 11.6 Å². The largest absolute Gasteiger partial charge is 0.299 e. The first kappa shape index (κ1) is 16.2. The molecule has 0 N–H and O–H groups in total. The van der Waals surface area contributed by atoms with E-state index in [2.05, 4.69) is 19.9 Å². The third-order valence-corrected chi connectivity index (χ3v) is 8.27. The molecular formula is C21H28O3. The molecule has 0 aromatic heterocycles. The summed E-state index contributed by atoms with van der Waals surface area (Å²) in [4.78, 5) is 35.8. The molecule has 0 saturated heterocycles. The van der Waals surface area contributed by atoms with E-state index in [9.17, 15) is 14.4 Å². The molecule has 4 aliphatic rings. The van der Waals surface area contributed by atoms with Crippen LogP contribution in [0.4, 0.5) is 0 Å². The lowest BCUT2D eigenvalue weighted by Gasteiger charge is -2.57. The molecule has 4 rings (SSSR count). The van der Waals surface area contributed by atoms with Gasteiger partial charge in [0.05, 0.1) is 5.92 Å². The monoisotopic (exact) mass is 328 g/mol. The summed E-state index contributed by atoms with van der Waals surface area (Å²) in [7, 11) is 0. The van der Waals surface area contributed by atoms with E-state index in [4.69, 9.17) is 0 Å².